The Labute approximate surface area is 120 Å². The van der Waals surface area contributed by atoms with Crippen molar-refractivity contribution in [2.24, 2.45) is 0 Å². The fourth-order valence-electron chi connectivity index (χ4n) is 2.21. The van der Waals surface area contributed by atoms with Crippen LogP contribution in [0.25, 0.3) is 0 Å². The minimum atomic E-state index is -0.0652. The first-order chi connectivity index (χ1) is 9.70. The summed E-state index contributed by atoms with van der Waals surface area (Å²) in [6.45, 7) is 1.97. The van der Waals surface area contributed by atoms with Crippen LogP contribution in [0.2, 0.25) is 0 Å². The van der Waals surface area contributed by atoms with Crippen LogP contribution in [0.5, 0.6) is 5.75 Å². The van der Waals surface area contributed by atoms with E-state index in [1.54, 1.807) is 7.11 Å². The SMILES string of the molecule is COc1ccc([C@H](C)C(=O)CCc2ccccc2)cc1. The molecule has 20 heavy (non-hydrogen) atoms. The maximum absolute atomic E-state index is 12.2. The van der Waals surface area contributed by atoms with Gasteiger partial charge in [0.15, 0.2) is 0 Å². The third-order valence-electron chi connectivity index (χ3n) is 3.60. The fourth-order valence-corrected chi connectivity index (χ4v) is 2.21. The number of ether oxygens (including phenoxy) is 1. The molecule has 0 aliphatic carbocycles. The quantitative estimate of drug-likeness (QED) is 0.791. The highest BCUT2D eigenvalue weighted by Crippen LogP contribution is 2.21. The Kier molecular flexibility index (Phi) is 4.94. The Bertz CT molecular complexity index is 543. The Balaban J connectivity index is 1.94. The predicted octanol–water partition coefficient (Wildman–Crippen LogP) is 4.00. The van der Waals surface area contributed by atoms with E-state index in [0.717, 1.165) is 17.7 Å². The van der Waals surface area contributed by atoms with Crippen LogP contribution in [0.3, 0.4) is 0 Å². The van der Waals surface area contributed by atoms with Gasteiger partial charge < -0.3 is 4.74 Å². The zero-order valence-corrected chi connectivity index (χ0v) is 12.0. The van der Waals surface area contributed by atoms with Gasteiger partial charge in [-0.25, -0.2) is 0 Å². The second-order valence-electron chi connectivity index (χ2n) is 4.95. The Morgan fingerprint density at radius 2 is 1.70 bits per heavy atom. The molecular formula is C18H20O2. The van der Waals surface area contributed by atoms with Gasteiger partial charge in [0.25, 0.3) is 0 Å². The van der Waals surface area contributed by atoms with Gasteiger partial charge in [-0.2, -0.15) is 0 Å². The minimum absolute atomic E-state index is 0.0652. The predicted molar refractivity (Wildman–Crippen MR) is 81.2 cm³/mol. The molecule has 0 saturated heterocycles. The van der Waals surface area contributed by atoms with Crippen molar-refractivity contribution < 1.29 is 9.53 Å². The molecule has 0 amide bonds. The maximum atomic E-state index is 12.2. The van der Waals surface area contributed by atoms with E-state index in [2.05, 4.69) is 12.1 Å². The monoisotopic (exact) mass is 268 g/mol. The Morgan fingerprint density at radius 3 is 2.30 bits per heavy atom. The molecule has 0 heterocycles. The third-order valence-corrected chi connectivity index (χ3v) is 3.60. The lowest BCUT2D eigenvalue weighted by atomic mass is 9.93. The van der Waals surface area contributed by atoms with E-state index < -0.39 is 0 Å². The van der Waals surface area contributed by atoms with Gasteiger partial charge in [0.2, 0.25) is 0 Å². The van der Waals surface area contributed by atoms with Crippen LogP contribution in [0.15, 0.2) is 54.6 Å². The largest absolute Gasteiger partial charge is 0.497 e. The van der Waals surface area contributed by atoms with Gasteiger partial charge in [-0.15, -0.1) is 0 Å². The van der Waals surface area contributed by atoms with Crippen LogP contribution in [-0.4, -0.2) is 12.9 Å². The van der Waals surface area contributed by atoms with Gasteiger partial charge >= 0.3 is 0 Å². The lowest BCUT2D eigenvalue weighted by molar-refractivity contribution is -0.120. The first kappa shape index (κ1) is 14.3. The number of carbonyl (C=O) groups is 1. The van der Waals surface area contributed by atoms with Crippen molar-refractivity contribution in [3.8, 4) is 5.75 Å². The van der Waals surface area contributed by atoms with Crippen molar-refractivity contribution in [2.45, 2.75) is 25.7 Å². The average molecular weight is 268 g/mol. The molecule has 2 rings (SSSR count). The van der Waals surface area contributed by atoms with Gasteiger partial charge in [-0.05, 0) is 29.7 Å². The number of carbonyl (C=O) groups excluding carboxylic acids is 1. The summed E-state index contributed by atoms with van der Waals surface area (Å²) in [5.74, 6) is 1.03. The molecule has 2 nitrogen and oxygen atoms in total. The molecule has 0 bridgehead atoms. The molecule has 0 aromatic heterocycles. The van der Waals surface area contributed by atoms with Gasteiger partial charge in [0.1, 0.15) is 11.5 Å². The molecular weight excluding hydrogens is 248 g/mol. The van der Waals surface area contributed by atoms with Crippen molar-refractivity contribution in [1.82, 2.24) is 0 Å². The Morgan fingerprint density at radius 1 is 1.05 bits per heavy atom. The molecule has 104 valence electrons. The summed E-state index contributed by atoms with van der Waals surface area (Å²) in [5.41, 5.74) is 2.26. The minimum Gasteiger partial charge on any atom is -0.497 e. The van der Waals surface area contributed by atoms with E-state index >= 15 is 0 Å². The van der Waals surface area contributed by atoms with Crippen LogP contribution in [-0.2, 0) is 11.2 Å². The molecule has 0 aliphatic heterocycles. The Hall–Kier alpha value is -2.09. The molecule has 1 atom stereocenters. The zero-order chi connectivity index (χ0) is 14.4. The average Bonchev–Trinajstić information content (AvgIpc) is 2.53. The van der Waals surface area contributed by atoms with Gasteiger partial charge in [-0.1, -0.05) is 49.4 Å². The number of aryl methyl sites for hydroxylation is 1. The van der Waals surface area contributed by atoms with Crippen LogP contribution < -0.4 is 4.74 Å². The summed E-state index contributed by atoms with van der Waals surface area (Å²) in [7, 11) is 1.64. The summed E-state index contributed by atoms with van der Waals surface area (Å²) in [4.78, 5) is 12.2. The van der Waals surface area contributed by atoms with Crippen molar-refractivity contribution in [2.75, 3.05) is 7.11 Å². The zero-order valence-electron chi connectivity index (χ0n) is 12.0. The van der Waals surface area contributed by atoms with Crippen molar-refractivity contribution in [3.63, 3.8) is 0 Å². The molecule has 0 unspecified atom stereocenters. The molecule has 2 aromatic rings. The number of benzene rings is 2. The lowest BCUT2D eigenvalue weighted by Crippen LogP contribution is -2.10. The van der Waals surface area contributed by atoms with Crippen LogP contribution in [0, 0.1) is 0 Å². The summed E-state index contributed by atoms with van der Waals surface area (Å²) < 4.78 is 5.13. The molecule has 0 saturated carbocycles. The normalized spacial score (nSPS) is 11.9. The van der Waals surface area contributed by atoms with E-state index in [1.807, 2.05) is 49.4 Å². The van der Waals surface area contributed by atoms with Gasteiger partial charge in [0, 0.05) is 12.3 Å². The van der Waals surface area contributed by atoms with Crippen molar-refractivity contribution in [1.29, 1.82) is 0 Å². The first-order valence-corrected chi connectivity index (χ1v) is 6.91. The van der Waals surface area contributed by atoms with Crippen LogP contribution in [0.4, 0.5) is 0 Å². The van der Waals surface area contributed by atoms with Crippen LogP contribution in [0.1, 0.15) is 30.4 Å². The van der Waals surface area contributed by atoms with E-state index in [1.165, 1.54) is 5.56 Å². The number of rotatable bonds is 6. The van der Waals surface area contributed by atoms with E-state index in [4.69, 9.17) is 4.74 Å². The number of methoxy groups -OCH3 is 1. The molecule has 2 heteroatoms. The topological polar surface area (TPSA) is 26.3 Å². The second-order valence-corrected chi connectivity index (χ2v) is 4.95. The van der Waals surface area contributed by atoms with E-state index in [0.29, 0.717) is 6.42 Å². The molecule has 0 aliphatic rings. The second kappa shape index (κ2) is 6.90. The van der Waals surface area contributed by atoms with E-state index in [9.17, 15) is 4.79 Å². The van der Waals surface area contributed by atoms with Crippen molar-refractivity contribution in [3.05, 3.63) is 65.7 Å². The summed E-state index contributed by atoms with van der Waals surface area (Å²) in [6.07, 6.45) is 1.39. The van der Waals surface area contributed by atoms with Gasteiger partial charge in [-0.3, -0.25) is 4.79 Å². The third kappa shape index (κ3) is 3.70. The maximum Gasteiger partial charge on any atom is 0.140 e. The summed E-state index contributed by atoms with van der Waals surface area (Å²) in [5, 5.41) is 0. The fraction of sp³-hybridized carbons (Fsp3) is 0.278. The van der Waals surface area contributed by atoms with Crippen molar-refractivity contribution >= 4 is 5.78 Å². The summed E-state index contributed by atoms with van der Waals surface area (Å²) in [6, 6.07) is 17.8. The molecule has 2 aromatic carbocycles. The van der Waals surface area contributed by atoms with E-state index in [-0.39, 0.29) is 11.7 Å². The lowest BCUT2D eigenvalue weighted by Gasteiger charge is -2.11. The molecule has 0 fully saturated rings. The number of hydrogen-bond donors (Lipinski definition) is 0. The highest BCUT2D eigenvalue weighted by molar-refractivity contribution is 5.85. The smallest absolute Gasteiger partial charge is 0.140 e. The number of hydrogen-bond acceptors (Lipinski definition) is 2. The standard InChI is InChI=1S/C18H20O2/c1-14(16-9-11-17(20-2)12-10-16)18(19)13-8-15-6-4-3-5-7-15/h3-7,9-12,14H,8,13H2,1-2H3/t14-/m0/s1. The molecule has 0 radical (unpaired) electrons. The first-order valence-electron chi connectivity index (χ1n) is 6.91. The number of ketones is 1. The molecule has 0 N–H and O–H groups in total. The van der Waals surface area contributed by atoms with Gasteiger partial charge in [0.05, 0.1) is 7.11 Å². The highest BCUT2D eigenvalue weighted by Gasteiger charge is 2.14. The number of Topliss-reactive ketones (excluding diaryl/α,β-unsaturated/α-hetero) is 1. The summed E-state index contributed by atoms with van der Waals surface area (Å²) >= 11 is 0. The van der Waals surface area contributed by atoms with Crippen LogP contribution >= 0.6 is 0 Å². The molecule has 0 spiro atoms. The highest BCUT2D eigenvalue weighted by atomic mass is 16.5.